The van der Waals surface area contributed by atoms with Crippen LogP contribution in [-0.4, -0.2) is 0 Å². The van der Waals surface area contributed by atoms with Gasteiger partial charge in [-0.2, -0.15) is 0 Å². The molecule has 1 atom stereocenters. The summed E-state index contributed by atoms with van der Waals surface area (Å²) in [6.45, 7) is 1.93. The normalized spacial score (nSPS) is 12.8. The van der Waals surface area contributed by atoms with Gasteiger partial charge >= 0.3 is 0 Å². The van der Waals surface area contributed by atoms with E-state index in [1.807, 2.05) is 31.2 Å². The van der Waals surface area contributed by atoms with Crippen molar-refractivity contribution in [3.63, 3.8) is 0 Å². The molecule has 0 amide bonds. The topological polar surface area (TPSA) is 39.2 Å². The minimum atomic E-state index is -0.171. The summed E-state index contributed by atoms with van der Waals surface area (Å²) in [5, 5.41) is 2.35. The van der Waals surface area contributed by atoms with Crippen LogP contribution in [0.3, 0.4) is 0 Å². The van der Waals surface area contributed by atoms with E-state index >= 15 is 0 Å². The number of hydrogen-bond acceptors (Lipinski definition) is 2. The van der Waals surface area contributed by atoms with E-state index in [0.717, 1.165) is 21.4 Å². The van der Waals surface area contributed by atoms with Gasteiger partial charge in [0, 0.05) is 10.0 Å². The summed E-state index contributed by atoms with van der Waals surface area (Å²) in [7, 11) is 0. The van der Waals surface area contributed by atoms with E-state index in [9.17, 15) is 0 Å². The van der Waals surface area contributed by atoms with E-state index in [1.165, 1.54) is 10.8 Å². The predicted octanol–water partition coefficient (Wildman–Crippen LogP) is 4.55. The van der Waals surface area contributed by atoms with Gasteiger partial charge < -0.3 is 10.2 Å². The summed E-state index contributed by atoms with van der Waals surface area (Å²) in [5.74, 6) is 0.881. The Morgan fingerprint density at radius 1 is 1.11 bits per heavy atom. The maximum absolute atomic E-state index is 6.37. The second-order valence-electron chi connectivity index (χ2n) is 4.65. The van der Waals surface area contributed by atoms with Gasteiger partial charge in [-0.25, -0.2) is 0 Å². The van der Waals surface area contributed by atoms with E-state index < -0.39 is 0 Å². The van der Waals surface area contributed by atoms with Crippen LogP contribution in [0.1, 0.15) is 22.9 Å². The first-order chi connectivity index (χ1) is 9.16. The van der Waals surface area contributed by atoms with Crippen LogP contribution in [0.15, 0.2) is 57.6 Å². The molecule has 0 aliphatic rings. The third-order valence-electron chi connectivity index (χ3n) is 3.35. The lowest BCUT2D eigenvalue weighted by molar-refractivity contribution is 0.530. The fourth-order valence-electron chi connectivity index (χ4n) is 2.36. The van der Waals surface area contributed by atoms with Crippen LogP contribution in [0.25, 0.3) is 10.8 Å². The molecule has 3 rings (SSSR count). The van der Waals surface area contributed by atoms with Crippen LogP contribution in [0, 0.1) is 6.92 Å². The lowest BCUT2D eigenvalue weighted by Gasteiger charge is -2.14. The summed E-state index contributed by atoms with van der Waals surface area (Å²) < 4.78 is 6.44. The van der Waals surface area contributed by atoms with Crippen LogP contribution in [0.4, 0.5) is 0 Å². The first kappa shape index (κ1) is 12.5. The summed E-state index contributed by atoms with van der Waals surface area (Å²) in [5.41, 5.74) is 8.49. The number of hydrogen-bond donors (Lipinski definition) is 1. The highest BCUT2D eigenvalue weighted by atomic mass is 79.9. The largest absolute Gasteiger partial charge is 0.469 e. The molecule has 0 saturated carbocycles. The Balaban J connectivity index is 2.18. The van der Waals surface area contributed by atoms with Gasteiger partial charge in [0.1, 0.15) is 5.76 Å². The van der Waals surface area contributed by atoms with Gasteiger partial charge in [-0.15, -0.1) is 0 Å². The third kappa shape index (κ3) is 2.20. The molecule has 0 aliphatic heterocycles. The van der Waals surface area contributed by atoms with Crippen molar-refractivity contribution in [2.75, 3.05) is 0 Å². The van der Waals surface area contributed by atoms with Crippen molar-refractivity contribution >= 4 is 26.7 Å². The molecule has 1 heterocycles. The Kier molecular flexibility index (Phi) is 3.17. The molecular weight excluding hydrogens is 302 g/mol. The van der Waals surface area contributed by atoms with Crippen LogP contribution >= 0.6 is 15.9 Å². The monoisotopic (exact) mass is 315 g/mol. The number of halogens is 1. The molecule has 96 valence electrons. The maximum Gasteiger partial charge on any atom is 0.101 e. The fourth-order valence-corrected chi connectivity index (χ4v) is 2.84. The van der Waals surface area contributed by atoms with E-state index in [0.29, 0.717) is 0 Å². The van der Waals surface area contributed by atoms with Crippen molar-refractivity contribution in [3.8, 4) is 0 Å². The van der Waals surface area contributed by atoms with Crippen molar-refractivity contribution in [1.29, 1.82) is 0 Å². The van der Waals surface area contributed by atoms with Crippen LogP contribution < -0.4 is 5.73 Å². The number of aryl methyl sites for hydroxylation is 1. The molecule has 0 fully saturated rings. The Hall–Kier alpha value is -1.58. The van der Waals surface area contributed by atoms with Gasteiger partial charge in [0.2, 0.25) is 0 Å². The molecule has 0 bridgehead atoms. The molecule has 19 heavy (non-hydrogen) atoms. The first-order valence-corrected chi connectivity index (χ1v) is 6.94. The number of fused-ring (bicyclic) bond motifs is 1. The zero-order valence-corrected chi connectivity index (χ0v) is 12.1. The summed E-state index contributed by atoms with van der Waals surface area (Å²) in [6.07, 6.45) is 1.73. The Morgan fingerprint density at radius 3 is 2.53 bits per heavy atom. The van der Waals surface area contributed by atoms with Crippen LogP contribution in [0.2, 0.25) is 0 Å². The highest BCUT2D eigenvalue weighted by Gasteiger charge is 2.14. The minimum Gasteiger partial charge on any atom is -0.469 e. The molecule has 1 unspecified atom stereocenters. The van der Waals surface area contributed by atoms with Gasteiger partial charge in [0.25, 0.3) is 0 Å². The quantitative estimate of drug-likeness (QED) is 0.753. The molecule has 0 radical (unpaired) electrons. The number of furan rings is 1. The van der Waals surface area contributed by atoms with E-state index in [4.69, 9.17) is 10.2 Å². The van der Waals surface area contributed by atoms with Crippen molar-refractivity contribution in [2.24, 2.45) is 5.73 Å². The number of rotatable bonds is 2. The summed E-state index contributed by atoms with van der Waals surface area (Å²) in [6, 6.07) is 14.2. The van der Waals surface area contributed by atoms with Crippen molar-refractivity contribution < 1.29 is 4.42 Å². The Labute approximate surface area is 120 Å². The van der Waals surface area contributed by atoms with Crippen LogP contribution in [-0.2, 0) is 0 Å². The lowest BCUT2D eigenvalue weighted by Crippen LogP contribution is -2.11. The average Bonchev–Trinajstić information content (AvgIpc) is 2.86. The smallest absolute Gasteiger partial charge is 0.101 e. The zero-order chi connectivity index (χ0) is 13.4. The molecular formula is C16H14BrNO. The van der Waals surface area contributed by atoms with Gasteiger partial charge in [-0.1, -0.05) is 46.3 Å². The molecule has 1 aromatic heterocycles. The Bertz CT molecular complexity index is 732. The molecule has 3 heteroatoms. The number of nitrogens with two attached hydrogens (primary N) is 1. The summed E-state index contributed by atoms with van der Waals surface area (Å²) in [4.78, 5) is 0. The van der Waals surface area contributed by atoms with E-state index in [1.54, 1.807) is 6.26 Å². The van der Waals surface area contributed by atoms with E-state index in [-0.39, 0.29) is 6.04 Å². The molecule has 0 aliphatic carbocycles. The van der Waals surface area contributed by atoms with Gasteiger partial charge in [0.05, 0.1) is 12.3 Å². The van der Waals surface area contributed by atoms with Crippen molar-refractivity contribution in [3.05, 3.63) is 70.1 Å². The second-order valence-corrected chi connectivity index (χ2v) is 5.50. The SMILES string of the molecule is Cc1cc(C(N)c2ccc(Br)c3ccccc23)co1. The number of benzene rings is 2. The molecule has 0 saturated heterocycles. The zero-order valence-electron chi connectivity index (χ0n) is 10.6. The van der Waals surface area contributed by atoms with Gasteiger partial charge in [-0.05, 0) is 35.4 Å². The molecule has 2 N–H and O–H groups in total. The first-order valence-electron chi connectivity index (χ1n) is 6.14. The third-order valence-corrected chi connectivity index (χ3v) is 4.04. The Morgan fingerprint density at radius 2 is 1.84 bits per heavy atom. The highest BCUT2D eigenvalue weighted by molar-refractivity contribution is 9.10. The minimum absolute atomic E-state index is 0.171. The lowest BCUT2D eigenvalue weighted by atomic mass is 9.96. The van der Waals surface area contributed by atoms with Crippen molar-refractivity contribution in [1.82, 2.24) is 0 Å². The van der Waals surface area contributed by atoms with Crippen LogP contribution in [0.5, 0.6) is 0 Å². The molecule has 2 aromatic carbocycles. The van der Waals surface area contributed by atoms with Crippen molar-refractivity contribution in [2.45, 2.75) is 13.0 Å². The predicted molar refractivity (Wildman–Crippen MR) is 81.1 cm³/mol. The van der Waals surface area contributed by atoms with E-state index in [2.05, 4.69) is 34.1 Å². The molecule has 0 spiro atoms. The average molecular weight is 316 g/mol. The second kappa shape index (κ2) is 4.83. The fraction of sp³-hybridized carbons (Fsp3) is 0.125. The molecule has 2 nitrogen and oxygen atoms in total. The van der Waals surface area contributed by atoms with Gasteiger partial charge in [0.15, 0.2) is 0 Å². The maximum atomic E-state index is 6.37. The summed E-state index contributed by atoms with van der Waals surface area (Å²) >= 11 is 3.58. The standard InChI is InChI=1S/C16H14BrNO/c1-10-8-11(9-19-10)16(18)14-6-7-15(17)13-5-3-2-4-12(13)14/h2-9,16H,18H2,1H3. The highest BCUT2D eigenvalue weighted by Crippen LogP contribution is 2.32. The molecule has 3 aromatic rings. The van der Waals surface area contributed by atoms with Gasteiger partial charge in [-0.3, -0.25) is 0 Å².